The number of carbonyl (C=O) groups is 1. The molecule has 0 aliphatic heterocycles. The fraction of sp³-hybridized carbons (Fsp3) is 0.133. The summed E-state index contributed by atoms with van der Waals surface area (Å²) in [7, 11) is -5.10. The van der Waals surface area contributed by atoms with E-state index >= 15 is 0 Å². The molecule has 0 bridgehead atoms. The van der Waals surface area contributed by atoms with Crippen molar-refractivity contribution in [1.29, 1.82) is 0 Å². The lowest BCUT2D eigenvalue weighted by Gasteiger charge is -2.11. The summed E-state index contributed by atoms with van der Waals surface area (Å²) >= 11 is 0. The number of amides is 1. The summed E-state index contributed by atoms with van der Waals surface area (Å²) in [4.78, 5) is 12.1. The molecule has 0 atom stereocenters. The molecule has 140 valence electrons. The van der Waals surface area contributed by atoms with E-state index in [0.29, 0.717) is 5.69 Å². The molecule has 0 spiro atoms. The molecular formula is C15H17N3O6S2. The third-order valence-corrected chi connectivity index (χ3v) is 5.79. The molecule has 2 rings (SSSR count). The van der Waals surface area contributed by atoms with Crippen LogP contribution in [0.4, 0.5) is 5.69 Å². The number of nitrogens with two attached hydrogens (primary N) is 1. The summed E-state index contributed by atoms with van der Waals surface area (Å²) in [6, 6.07) is 9.17. The quantitative estimate of drug-likeness (QED) is 0.645. The van der Waals surface area contributed by atoms with Gasteiger partial charge in [0, 0.05) is 11.3 Å². The highest BCUT2D eigenvalue weighted by atomic mass is 32.2. The van der Waals surface area contributed by atoms with Gasteiger partial charge in [0.15, 0.2) is 0 Å². The maximum absolute atomic E-state index is 12.4. The first kappa shape index (κ1) is 19.8. The molecule has 0 fully saturated rings. The van der Waals surface area contributed by atoms with Gasteiger partial charge in [-0.3, -0.25) is 4.79 Å². The van der Waals surface area contributed by atoms with Crippen molar-refractivity contribution in [3.05, 3.63) is 48.0 Å². The Labute approximate surface area is 151 Å². The number of anilines is 1. The van der Waals surface area contributed by atoms with Crippen molar-refractivity contribution < 1.29 is 26.4 Å². The number of methoxy groups -OCH3 is 1. The van der Waals surface area contributed by atoms with E-state index in [-0.39, 0.29) is 21.1 Å². The highest BCUT2D eigenvalue weighted by Crippen LogP contribution is 2.25. The average Bonchev–Trinajstić information content (AvgIpc) is 2.60. The van der Waals surface area contributed by atoms with Gasteiger partial charge >= 0.3 is 0 Å². The Morgan fingerprint density at radius 3 is 2.15 bits per heavy atom. The molecule has 26 heavy (non-hydrogen) atoms. The molecule has 11 heteroatoms. The van der Waals surface area contributed by atoms with E-state index in [4.69, 9.17) is 9.88 Å². The van der Waals surface area contributed by atoms with Crippen LogP contribution in [0.1, 0.15) is 10.4 Å². The largest absolute Gasteiger partial charge is 0.495 e. The van der Waals surface area contributed by atoms with Gasteiger partial charge in [-0.2, -0.15) is 0 Å². The molecule has 0 unspecified atom stereocenters. The molecule has 0 aromatic heterocycles. The number of rotatable bonds is 6. The topological polar surface area (TPSA) is 145 Å². The lowest BCUT2D eigenvalue weighted by molar-refractivity contribution is 0.102. The molecule has 0 saturated heterocycles. The van der Waals surface area contributed by atoms with Gasteiger partial charge in [0.1, 0.15) is 10.6 Å². The first-order valence-corrected chi connectivity index (χ1v) is 10.2. The maximum Gasteiger partial charge on any atom is 0.255 e. The van der Waals surface area contributed by atoms with E-state index in [1.165, 1.54) is 56.6 Å². The highest BCUT2D eigenvalue weighted by Gasteiger charge is 2.20. The fourth-order valence-electron chi connectivity index (χ4n) is 2.07. The predicted molar refractivity (Wildman–Crippen MR) is 95.0 cm³/mol. The number of benzene rings is 2. The molecule has 1 amide bonds. The number of hydrogen-bond donors (Lipinski definition) is 3. The molecule has 2 aromatic rings. The van der Waals surface area contributed by atoms with Crippen LogP contribution >= 0.6 is 0 Å². The third-order valence-electron chi connectivity index (χ3n) is 3.42. The summed E-state index contributed by atoms with van der Waals surface area (Å²) in [6.07, 6.45) is 0. The van der Waals surface area contributed by atoms with Crippen LogP contribution in [0.15, 0.2) is 52.3 Å². The van der Waals surface area contributed by atoms with Crippen molar-refractivity contribution in [1.82, 2.24) is 4.72 Å². The Bertz CT molecular complexity index is 1030. The van der Waals surface area contributed by atoms with Gasteiger partial charge in [0.2, 0.25) is 20.0 Å². The molecule has 0 saturated carbocycles. The minimum atomic E-state index is -3.83. The molecule has 0 aliphatic carbocycles. The van der Waals surface area contributed by atoms with E-state index in [2.05, 4.69) is 10.0 Å². The Kier molecular flexibility index (Phi) is 5.66. The van der Waals surface area contributed by atoms with Crippen molar-refractivity contribution in [2.24, 2.45) is 5.14 Å². The van der Waals surface area contributed by atoms with Gasteiger partial charge in [0.05, 0.1) is 12.0 Å². The van der Waals surface area contributed by atoms with Crippen LogP contribution in [0.5, 0.6) is 5.75 Å². The Hall–Kier alpha value is -2.47. The van der Waals surface area contributed by atoms with Gasteiger partial charge in [-0.1, -0.05) is 0 Å². The molecule has 0 radical (unpaired) electrons. The maximum atomic E-state index is 12.4. The van der Waals surface area contributed by atoms with Crippen LogP contribution in [-0.2, 0) is 20.0 Å². The van der Waals surface area contributed by atoms with E-state index in [0.717, 1.165) is 0 Å². The number of nitrogens with one attached hydrogen (secondary N) is 2. The third kappa shape index (κ3) is 4.38. The zero-order valence-electron chi connectivity index (χ0n) is 13.9. The monoisotopic (exact) mass is 399 g/mol. The lowest BCUT2D eigenvalue weighted by atomic mass is 10.2. The SMILES string of the molecule is CNS(=O)(=O)c1cc(C(=O)Nc2ccc(S(N)(=O)=O)cc2)ccc1OC. The fourth-order valence-corrected chi connectivity index (χ4v) is 3.50. The van der Waals surface area contributed by atoms with Crippen LogP contribution in [0.3, 0.4) is 0 Å². The molecule has 0 aliphatic rings. The minimum Gasteiger partial charge on any atom is -0.495 e. The van der Waals surface area contributed by atoms with Crippen LogP contribution in [-0.4, -0.2) is 36.9 Å². The Morgan fingerprint density at radius 2 is 1.65 bits per heavy atom. The van der Waals surface area contributed by atoms with Gasteiger partial charge in [-0.15, -0.1) is 0 Å². The van der Waals surface area contributed by atoms with Gasteiger partial charge in [0.25, 0.3) is 5.91 Å². The van der Waals surface area contributed by atoms with Crippen molar-refractivity contribution in [2.75, 3.05) is 19.5 Å². The summed E-state index contributed by atoms with van der Waals surface area (Å²) < 4.78 is 53.7. The summed E-state index contributed by atoms with van der Waals surface area (Å²) in [5.41, 5.74) is 0.395. The summed E-state index contributed by atoms with van der Waals surface area (Å²) in [6.45, 7) is 0. The second-order valence-corrected chi connectivity index (χ2v) is 8.51. The van der Waals surface area contributed by atoms with Gasteiger partial charge in [-0.05, 0) is 49.5 Å². The number of hydrogen-bond acceptors (Lipinski definition) is 6. The number of sulfonamides is 2. The predicted octanol–water partition coefficient (Wildman–Crippen LogP) is 0.503. The van der Waals surface area contributed by atoms with Crippen LogP contribution in [0, 0.1) is 0 Å². The number of primary sulfonamides is 1. The van der Waals surface area contributed by atoms with E-state index in [1.54, 1.807) is 0 Å². The standard InChI is InChI=1S/C15H17N3O6S2/c1-17-26(22,23)14-9-10(3-8-13(14)24-2)15(19)18-11-4-6-12(7-5-11)25(16,20)21/h3-9,17H,1-2H3,(H,18,19)(H2,16,20,21). The molecule has 0 heterocycles. The van der Waals surface area contributed by atoms with Gasteiger partial charge in [-0.25, -0.2) is 26.7 Å². The Morgan fingerprint density at radius 1 is 1.04 bits per heavy atom. The van der Waals surface area contributed by atoms with Crippen molar-refractivity contribution in [2.45, 2.75) is 9.79 Å². The summed E-state index contributed by atoms with van der Waals surface area (Å²) in [5, 5.41) is 7.55. The van der Waals surface area contributed by atoms with Gasteiger partial charge < -0.3 is 10.1 Å². The number of ether oxygens (including phenoxy) is 1. The van der Waals surface area contributed by atoms with E-state index < -0.39 is 26.0 Å². The van der Waals surface area contributed by atoms with Crippen molar-refractivity contribution >= 4 is 31.6 Å². The summed E-state index contributed by atoms with van der Waals surface area (Å²) in [5.74, 6) is -0.489. The first-order chi connectivity index (χ1) is 12.1. The molecular weight excluding hydrogens is 382 g/mol. The van der Waals surface area contributed by atoms with E-state index in [9.17, 15) is 21.6 Å². The molecule has 4 N–H and O–H groups in total. The Balaban J connectivity index is 2.31. The lowest BCUT2D eigenvalue weighted by Crippen LogP contribution is -2.20. The smallest absolute Gasteiger partial charge is 0.255 e. The number of carbonyl (C=O) groups excluding carboxylic acids is 1. The van der Waals surface area contributed by atoms with Crippen molar-refractivity contribution in [3.63, 3.8) is 0 Å². The van der Waals surface area contributed by atoms with E-state index in [1.807, 2.05) is 0 Å². The zero-order valence-corrected chi connectivity index (χ0v) is 15.5. The minimum absolute atomic E-state index is 0.0788. The van der Waals surface area contributed by atoms with Crippen LogP contribution in [0.25, 0.3) is 0 Å². The first-order valence-electron chi connectivity index (χ1n) is 7.14. The zero-order chi connectivity index (χ0) is 19.5. The van der Waals surface area contributed by atoms with Crippen LogP contribution in [0.2, 0.25) is 0 Å². The second kappa shape index (κ2) is 7.41. The normalized spacial score (nSPS) is 11.8. The average molecular weight is 399 g/mol. The van der Waals surface area contributed by atoms with Crippen molar-refractivity contribution in [3.8, 4) is 5.75 Å². The second-order valence-electron chi connectivity index (χ2n) is 5.10. The van der Waals surface area contributed by atoms with Crippen LogP contribution < -0.4 is 19.9 Å². The molecule has 2 aromatic carbocycles. The molecule has 9 nitrogen and oxygen atoms in total. The highest BCUT2D eigenvalue weighted by molar-refractivity contribution is 7.89.